The number of rotatable bonds is 4. The van der Waals surface area contributed by atoms with Gasteiger partial charge in [-0.2, -0.15) is 0 Å². The molecule has 0 spiro atoms. The lowest BCUT2D eigenvalue weighted by Gasteiger charge is -2.39. The van der Waals surface area contributed by atoms with E-state index in [1.807, 2.05) is 19.1 Å². The van der Waals surface area contributed by atoms with Crippen LogP contribution in [-0.4, -0.2) is 12.7 Å². The first-order valence-electron chi connectivity index (χ1n) is 7.40. The highest BCUT2D eigenvalue weighted by Crippen LogP contribution is 2.40. The van der Waals surface area contributed by atoms with Crippen LogP contribution in [0.5, 0.6) is 0 Å². The van der Waals surface area contributed by atoms with E-state index in [9.17, 15) is 0 Å². The zero-order chi connectivity index (χ0) is 14.6. The van der Waals surface area contributed by atoms with Crippen LogP contribution in [0.4, 0.5) is 0 Å². The molecule has 0 heterocycles. The molecular weight excluding hydrogens is 272 g/mol. The largest absolute Gasteiger partial charge is 0.376 e. The van der Waals surface area contributed by atoms with E-state index in [4.69, 9.17) is 22.2 Å². The average Bonchev–Trinajstić information content (AvgIpc) is 2.70. The van der Waals surface area contributed by atoms with Gasteiger partial charge >= 0.3 is 0 Å². The molecule has 2 rings (SSSR count). The van der Waals surface area contributed by atoms with E-state index in [1.54, 1.807) is 7.11 Å². The zero-order valence-electron chi connectivity index (χ0n) is 12.4. The summed E-state index contributed by atoms with van der Waals surface area (Å²) in [5.74, 6) is 5.86. The van der Waals surface area contributed by atoms with Gasteiger partial charge in [-0.25, -0.2) is 0 Å². The third-order valence-electron chi connectivity index (χ3n) is 4.58. The fraction of sp³-hybridized carbons (Fsp3) is 0.625. The molecule has 1 saturated carbocycles. The summed E-state index contributed by atoms with van der Waals surface area (Å²) in [7, 11) is 1.80. The summed E-state index contributed by atoms with van der Waals surface area (Å²) in [5, 5.41) is 0.780. The minimum atomic E-state index is -0.232. The number of hydrazine groups is 1. The molecule has 1 aliphatic rings. The van der Waals surface area contributed by atoms with Gasteiger partial charge in [-0.15, -0.1) is 0 Å². The first-order valence-corrected chi connectivity index (χ1v) is 7.78. The van der Waals surface area contributed by atoms with Crippen molar-refractivity contribution in [1.29, 1.82) is 0 Å². The number of methoxy groups -OCH3 is 1. The van der Waals surface area contributed by atoms with Gasteiger partial charge in [0.15, 0.2) is 0 Å². The van der Waals surface area contributed by atoms with Crippen molar-refractivity contribution in [3.8, 4) is 0 Å². The van der Waals surface area contributed by atoms with E-state index >= 15 is 0 Å². The molecule has 3 nitrogen and oxygen atoms in total. The van der Waals surface area contributed by atoms with Crippen molar-refractivity contribution in [2.45, 2.75) is 57.1 Å². The molecule has 1 unspecified atom stereocenters. The molecule has 0 radical (unpaired) electrons. The number of benzene rings is 1. The maximum atomic E-state index is 6.27. The Morgan fingerprint density at radius 2 is 1.90 bits per heavy atom. The van der Waals surface area contributed by atoms with Crippen LogP contribution in [0.2, 0.25) is 5.02 Å². The molecule has 112 valence electrons. The van der Waals surface area contributed by atoms with Crippen LogP contribution in [-0.2, 0) is 4.74 Å². The van der Waals surface area contributed by atoms with Crippen molar-refractivity contribution < 1.29 is 4.74 Å². The summed E-state index contributed by atoms with van der Waals surface area (Å²) in [6.45, 7) is 2.01. The highest BCUT2D eigenvalue weighted by Gasteiger charge is 2.39. The van der Waals surface area contributed by atoms with Crippen LogP contribution < -0.4 is 11.3 Å². The monoisotopic (exact) mass is 296 g/mol. The Morgan fingerprint density at radius 3 is 2.40 bits per heavy atom. The Kier molecular flexibility index (Phi) is 5.44. The zero-order valence-corrected chi connectivity index (χ0v) is 13.2. The predicted molar refractivity (Wildman–Crippen MR) is 83.7 cm³/mol. The quantitative estimate of drug-likeness (QED) is 0.503. The fourth-order valence-electron chi connectivity index (χ4n) is 3.28. The van der Waals surface area contributed by atoms with Crippen LogP contribution in [0.15, 0.2) is 18.2 Å². The lowest BCUT2D eigenvalue weighted by Crippen LogP contribution is -2.47. The molecule has 1 aliphatic carbocycles. The molecule has 1 atom stereocenters. The Balaban J connectivity index is 2.34. The van der Waals surface area contributed by atoms with E-state index in [0.717, 1.165) is 29.0 Å². The Hall–Kier alpha value is -0.610. The van der Waals surface area contributed by atoms with Gasteiger partial charge in [0.25, 0.3) is 0 Å². The van der Waals surface area contributed by atoms with E-state index < -0.39 is 0 Å². The standard InChI is InChI=1S/C16H25ClN2O/c1-12-7-8-13(11-14(12)17)15(19-18)16(20-2)9-5-3-4-6-10-16/h7-8,11,15,19H,3-6,9-10,18H2,1-2H3. The fourth-order valence-corrected chi connectivity index (χ4v) is 3.47. The molecule has 3 N–H and O–H groups in total. The van der Waals surface area contributed by atoms with Crippen molar-refractivity contribution in [3.63, 3.8) is 0 Å². The Morgan fingerprint density at radius 1 is 1.25 bits per heavy atom. The summed E-state index contributed by atoms with van der Waals surface area (Å²) in [6, 6.07) is 6.12. The molecule has 4 heteroatoms. The molecule has 20 heavy (non-hydrogen) atoms. The van der Waals surface area contributed by atoms with E-state index in [2.05, 4.69) is 11.5 Å². The van der Waals surface area contributed by atoms with Gasteiger partial charge in [0.05, 0.1) is 11.6 Å². The van der Waals surface area contributed by atoms with Gasteiger partial charge in [0, 0.05) is 12.1 Å². The van der Waals surface area contributed by atoms with Gasteiger partial charge in [0.1, 0.15) is 0 Å². The Bertz CT molecular complexity index is 442. The highest BCUT2D eigenvalue weighted by atomic mass is 35.5. The topological polar surface area (TPSA) is 47.3 Å². The molecule has 0 bridgehead atoms. The van der Waals surface area contributed by atoms with Crippen LogP contribution in [0.1, 0.15) is 55.7 Å². The maximum absolute atomic E-state index is 6.27. The van der Waals surface area contributed by atoms with Gasteiger partial charge in [-0.3, -0.25) is 11.3 Å². The number of ether oxygens (including phenoxy) is 1. The van der Waals surface area contributed by atoms with E-state index in [1.165, 1.54) is 25.7 Å². The minimum Gasteiger partial charge on any atom is -0.376 e. The maximum Gasteiger partial charge on any atom is 0.0885 e. The van der Waals surface area contributed by atoms with Crippen molar-refractivity contribution in [1.82, 2.24) is 5.43 Å². The molecular formula is C16H25ClN2O. The molecule has 0 aliphatic heterocycles. The number of halogens is 1. The van der Waals surface area contributed by atoms with Gasteiger partial charge in [0.2, 0.25) is 0 Å². The molecule has 0 saturated heterocycles. The van der Waals surface area contributed by atoms with Crippen LogP contribution in [0.3, 0.4) is 0 Å². The van der Waals surface area contributed by atoms with Crippen molar-refractivity contribution in [3.05, 3.63) is 34.3 Å². The number of aryl methyl sites for hydroxylation is 1. The lowest BCUT2D eigenvalue weighted by atomic mass is 9.82. The minimum absolute atomic E-state index is 0.0244. The molecule has 0 aromatic heterocycles. The van der Waals surface area contributed by atoms with E-state index in [0.29, 0.717) is 0 Å². The van der Waals surface area contributed by atoms with Gasteiger partial charge < -0.3 is 4.74 Å². The number of hydrogen-bond acceptors (Lipinski definition) is 3. The predicted octanol–water partition coefficient (Wildman–Crippen LogP) is 3.89. The number of nitrogens with two attached hydrogens (primary N) is 1. The molecule has 1 fully saturated rings. The van der Waals surface area contributed by atoms with Crippen molar-refractivity contribution in [2.75, 3.05) is 7.11 Å². The average molecular weight is 297 g/mol. The number of nitrogens with one attached hydrogen (secondary N) is 1. The molecule has 1 aromatic rings. The third kappa shape index (κ3) is 3.17. The molecule has 0 amide bonds. The second-order valence-corrected chi connectivity index (χ2v) is 6.20. The normalized spacial score (nSPS) is 20.4. The Labute approximate surface area is 126 Å². The highest BCUT2D eigenvalue weighted by molar-refractivity contribution is 6.31. The van der Waals surface area contributed by atoms with Crippen LogP contribution >= 0.6 is 11.6 Å². The van der Waals surface area contributed by atoms with Gasteiger partial charge in [-0.1, -0.05) is 49.4 Å². The first kappa shape index (κ1) is 15.8. The smallest absolute Gasteiger partial charge is 0.0885 e. The molecule has 1 aromatic carbocycles. The summed E-state index contributed by atoms with van der Waals surface area (Å²) in [4.78, 5) is 0. The van der Waals surface area contributed by atoms with E-state index in [-0.39, 0.29) is 11.6 Å². The SMILES string of the molecule is COC1(C(NN)c2ccc(C)c(Cl)c2)CCCCCC1. The summed E-state index contributed by atoms with van der Waals surface area (Å²) >= 11 is 6.27. The van der Waals surface area contributed by atoms with Gasteiger partial charge in [-0.05, 0) is 37.0 Å². The van der Waals surface area contributed by atoms with Crippen LogP contribution in [0, 0.1) is 6.92 Å². The van der Waals surface area contributed by atoms with Crippen molar-refractivity contribution in [2.24, 2.45) is 5.84 Å². The van der Waals surface area contributed by atoms with Crippen molar-refractivity contribution >= 4 is 11.6 Å². The summed E-state index contributed by atoms with van der Waals surface area (Å²) in [5.41, 5.74) is 4.92. The number of hydrogen-bond donors (Lipinski definition) is 2. The second kappa shape index (κ2) is 6.90. The van der Waals surface area contributed by atoms with Crippen LogP contribution in [0.25, 0.3) is 0 Å². The first-order chi connectivity index (χ1) is 9.63. The third-order valence-corrected chi connectivity index (χ3v) is 4.99. The summed E-state index contributed by atoms with van der Waals surface area (Å²) in [6.07, 6.45) is 6.99. The second-order valence-electron chi connectivity index (χ2n) is 5.79. The summed E-state index contributed by atoms with van der Waals surface area (Å²) < 4.78 is 5.95. The lowest BCUT2D eigenvalue weighted by molar-refractivity contribution is -0.0541.